The molecule has 2 aromatic rings. The van der Waals surface area contributed by atoms with E-state index in [2.05, 4.69) is 12.1 Å². The number of hydrogen-bond acceptors (Lipinski definition) is 5. The van der Waals surface area contributed by atoms with Gasteiger partial charge < -0.3 is 28.7 Å². The number of morpholine rings is 1. The lowest BCUT2D eigenvalue weighted by Gasteiger charge is -2.36. The molecule has 0 aromatic heterocycles. The molecule has 6 nitrogen and oxygen atoms in total. The molecule has 4 rings (SSSR count). The van der Waals surface area contributed by atoms with Crippen LogP contribution in [0, 0.1) is 0 Å². The van der Waals surface area contributed by atoms with Crippen LogP contribution in [0.5, 0.6) is 11.5 Å². The molecule has 0 amide bonds. The maximum atomic E-state index is 7.00. The number of para-hydroxylation sites is 2. The van der Waals surface area contributed by atoms with Gasteiger partial charge in [-0.05, 0) is 24.8 Å². The van der Waals surface area contributed by atoms with Crippen LogP contribution in [0.4, 0.5) is 0 Å². The Morgan fingerprint density at radius 2 is 1.54 bits per heavy atom. The average molecular weight is 359 g/mol. The highest BCUT2D eigenvalue weighted by molar-refractivity contribution is 6.77. The largest absolute Gasteiger partial charge is 0.654 e. The van der Waals surface area contributed by atoms with Crippen LogP contribution in [0.3, 0.4) is 0 Å². The maximum absolute atomic E-state index is 7.00. The summed E-state index contributed by atoms with van der Waals surface area (Å²) in [7, 11) is 2.64. The molecule has 2 aliphatic heterocycles. The molecule has 0 bridgehead atoms. The predicted octanol–water partition coefficient (Wildman–Crippen LogP) is -0.0261. The Hall–Kier alpha value is -2.06. The number of aliphatic hydroxyl groups is 1. The highest BCUT2D eigenvalue weighted by Gasteiger charge is 2.42. The second kappa shape index (κ2) is 8.55. The zero-order valence-corrected chi connectivity index (χ0v) is 15.3. The van der Waals surface area contributed by atoms with Gasteiger partial charge in [0, 0.05) is 7.11 Å². The van der Waals surface area contributed by atoms with Gasteiger partial charge in [-0.3, -0.25) is 0 Å². The predicted molar refractivity (Wildman–Crippen MR) is 99.9 cm³/mol. The van der Waals surface area contributed by atoms with Gasteiger partial charge in [0.25, 0.3) is 0 Å². The number of benzene rings is 2. The second-order valence-electron chi connectivity index (χ2n) is 6.30. The molecule has 0 radical (unpaired) electrons. The zero-order valence-electron chi connectivity index (χ0n) is 15.3. The van der Waals surface area contributed by atoms with Crippen molar-refractivity contribution in [1.82, 2.24) is 0 Å². The Morgan fingerprint density at radius 1 is 0.962 bits per heavy atom. The first-order chi connectivity index (χ1) is 12.8. The molecule has 1 saturated heterocycles. The Bertz CT molecular complexity index is 696. The van der Waals surface area contributed by atoms with Gasteiger partial charge in [0.05, 0.1) is 13.2 Å². The summed E-state index contributed by atoms with van der Waals surface area (Å²) in [5, 5.41) is 7.00. The van der Waals surface area contributed by atoms with Crippen molar-refractivity contribution < 1.29 is 28.7 Å². The van der Waals surface area contributed by atoms with Crippen LogP contribution in [0.15, 0.2) is 48.5 Å². The fraction of sp³-hybridized carbons (Fsp3) is 0.368. The maximum Gasteiger partial charge on any atom is 0.523 e. The monoisotopic (exact) mass is 359 g/mol. The van der Waals surface area contributed by atoms with Crippen LogP contribution >= 0.6 is 0 Å². The smallest absolute Gasteiger partial charge is 0.523 e. The van der Waals surface area contributed by atoms with Crippen molar-refractivity contribution in [3.8, 4) is 11.5 Å². The number of hydrogen-bond donors (Lipinski definition) is 2. The lowest BCUT2D eigenvalue weighted by atomic mass is 9.67. The molecule has 0 unspecified atom stereocenters. The van der Waals surface area contributed by atoms with E-state index in [9.17, 15) is 0 Å². The van der Waals surface area contributed by atoms with E-state index in [0.717, 1.165) is 56.9 Å². The minimum Gasteiger partial charge on any atom is -0.654 e. The minimum atomic E-state index is -2.00. The first-order valence-electron chi connectivity index (χ1n) is 8.91. The number of fused-ring (bicyclic) bond motifs is 1. The van der Waals surface area contributed by atoms with Crippen molar-refractivity contribution in [2.75, 3.05) is 40.5 Å². The SMILES string of the molecule is CO.CO[B-]1(c2ccccc2C[NH+]2CCOCC2)Oc2ccccc2O1. The van der Waals surface area contributed by atoms with Gasteiger partial charge in [-0.2, -0.15) is 0 Å². The molecule has 2 heterocycles. The molecular formula is C19H26BNO5. The quantitative estimate of drug-likeness (QED) is 0.752. The number of nitrogens with one attached hydrogen (secondary N) is 1. The molecule has 2 aliphatic rings. The summed E-state index contributed by atoms with van der Waals surface area (Å²) in [6, 6.07) is 15.9. The number of aliphatic hydroxyl groups excluding tert-OH is 1. The molecule has 0 atom stereocenters. The molecule has 0 aliphatic carbocycles. The normalized spacial score (nSPS) is 18.1. The summed E-state index contributed by atoms with van der Waals surface area (Å²) in [5.74, 6) is 1.46. The minimum absolute atomic E-state index is 0.730. The topological polar surface area (TPSA) is 61.6 Å². The fourth-order valence-corrected chi connectivity index (χ4v) is 3.50. The molecule has 1 fully saturated rings. The first-order valence-corrected chi connectivity index (χ1v) is 8.91. The van der Waals surface area contributed by atoms with Crippen LogP contribution < -0.4 is 19.7 Å². The number of ether oxygens (including phenoxy) is 1. The van der Waals surface area contributed by atoms with Crippen molar-refractivity contribution in [2.45, 2.75) is 6.54 Å². The molecule has 140 valence electrons. The van der Waals surface area contributed by atoms with Crippen LogP contribution in [-0.4, -0.2) is 52.4 Å². The van der Waals surface area contributed by atoms with Crippen molar-refractivity contribution >= 4 is 12.2 Å². The summed E-state index contributed by atoms with van der Waals surface area (Å²) < 4.78 is 23.5. The van der Waals surface area contributed by atoms with Crippen LogP contribution in [0.1, 0.15) is 5.56 Å². The molecule has 0 spiro atoms. The Labute approximate surface area is 154 Å². The van der Waals surface area contributed by atoms with E-state index >= 15 is 0 Å². The fourth-order valence-electron chi connectivity index (χ4n) is 3.50. The van der Waals surface area contributed by atoms with E-state index in [4.69, 9.17) is 23.8 Å². The van der Waals surface area contributed by atoms with Gasteiger partial charge in [-0.1, -0.05) is 41.9 Å². The summed E-state index contributed by atoms with van der Waals surface area (Å²) in [5.41, 5.74) is 2.18. The third-order valence-electron chi connectivity index (χ3n) is 4.80. The number of rotatable bonds is 4. The Balaban J connectivity index is 0.000000948. The van der Waals surface area contributed by atoms with Crippen LogP contribution in [0.2, 0.25) is 0 Å². The van der Waals surface area contributed by atoms with Crippen molar-refractivity contribution in [1.29, 1.82) is 0 Å². The zero-order chi connectivity index (χ0) is 18.4. The molecule has 2 aromatic carbocycles. The lowest BCUT2D eigenvalue weighted by molar-refractivity contribution is -0.921. The first kappa shape index (κ1) is 18.7. The lowest BCUT2D eigenvalue weighted by Crippen LogP contribution is -3.13. The second-order valence-corrected chi connectivity index (χ2v) is 6.30. The summed E-state index contributed by atoms with van der Waals surface area (Å²) in [6.07, 6.45) is 0. The van der Waals surface area contributed by atoms with Crippen molar-refractivity contribution in [2.24, 2.45) is 0 Å². The van der Waals surface area contributed by atoms with Gasteiger partial charge >= 0.3 is 6.75 Å². The van der Waals surface area contributed by atoms with Gasteiger partial charge in [-0.25, -0.2) is 0 Å². The standard InChI is InChI=1S/C18H21BNO4.CH4O/c1-21-19(23-17-8-4-5-9-18(17)24-19)16-7-3-2-6-15(16)14-20-10-12-22-13-11-20;1-2/h2-9H,10-14H2,1H3;2H,1H3/q-1;/p+1. The van der Waals surface area contributed by atoms with E-state index < -0.39 is 6.75 Å². The highest BCUT2D eigenvalue weighted by atomic mass is 16.8. The molecule has 0 saturated carbocycles. The molecular weight excluding hydrogens is 333 g/mol. The van der Waals surface area contributed by atoms with E-state index in [-0.39, 0.29) is 0 Å². The van der Waals surface area contributed by atoms with E-state index in [1.165, 1.54) is 10.5 Å². The Kier molecular flexibility index (Phi) is 6.16. The third-order valence-corrected chi connectivity index (χ3v) is 4.80. The summed E-state index contributed by atoms with van der Waals surface area (Å²) in [4.78, 5) is 1.51. The average Bonchev–Trinajstić information content (AvgIpc) is 3.11. The Morgan fingerprint density at radius 3 is 2.15 bits per heavy atom. The van der Waals surface area contributed by atoms with Crippen LogP contribution in [-0.2, 0) is 15.9 Å². The van der Waals surface area contributed by atoms with E-state index in [0.29, 0.717) is 0 Å². The third kappa shape index (κ3) is 3.71. The molecule has 2 N–H and O–H groups in total. The number of quaternary nitrogens is 1. The summed E-state index contributed by atoms with van der Waals surface area (Å²) >= 11 is 0. The van der Waals surface area contributed by atoms with Gasteiger partial charge in [-0.15, -0.1) is 0 Å². The van der Waals surface area contributed by atoms with Gasteiger partial charge in [0.2, 0.25) is 0 Å². The van der Waals surface area contributed by atoms with Crippen LogP contribution in [0.25, 0.3) is 0 Å². The highest BCUT2D eigenvalue weighted by Crippen LogP contribution is 2.37. The van der Waals surface area contributed by atoms with Crippen molar-refractivity contribution in [3.63, 3.8) is 0 Å². The molecule has 7 heteroatoms. The summed E-state index contributed by atoms with van der Waals surface area (Å²) in [6.45, 7) is 2.58. The van der Waals surface area contributed by atoms with Gasteiger partial charge in [0.15, 0.2) is 0 Å². The van der Waals surface area contributed by atoms with E-state index in [1.807, 2.05) is 36.4 Å². The van der Waals surface area contributed by atoms with Crippen molar-refractivity contribution in [3.05, 3.63) is 54.1 Å². The van der Waals surface area contributed by atoms with Gasteiger partial charge in [0.1, 0.15) is 31.1 Å². The molecule has 26 heavy (non-hydrogen) atoms. The van der Waals surface area contributed by atoms with E-state index in [1.54, 1.807) is 7.11 Å².